The number of nitrogens with zero attached hydrogens (tertiary/aromatic N) is 3. The lowest BCUT2D eigenvalue weighted by molar-refractivity contribution is 0.0158. The smallest absolute Gasteiger partial charge is 0.258 e. The number of allylic oxidation sites excluding steroid dienone is 1. The molecule has 9 heteroatoms. The lowest BCUT2D eigenvalue weighted by Crippen LogP contribution is -2.51. The average molecular weight is 530 g/mol. The van der Waals surface area contributed by atoms with E-state index in [4.69, 9.17) is 21.7 Å². The maximum absolute atomic E-state index is 14.3. The summed E-state index contributed by atoms with van der Waals surface area (Å²) in [6.07, 6.45) is 6.56. The summed E-state index contributed by atoms with van der Waals surface area (Å²) in [4.78, 5) is 22.2. The van der Waals surface area contributed by atoms with E-state index in [1.165, 1.54) is 24.6 Å². The third-order valence-electron chi connectivity index (χ3n) is 7.48. The zero-order valence-electron chi connectivity index (χ0n) is 22.1. The summed E-state index contributed by atoms with van der Waals surface area (Å²) < 4.78 is 20.7. The Kier molecular flexibility index (Phi) is 8.70. The van der Waals surface area contributed by atoms with Gasteiger partial charge in [-0.05, 0) is 58.2 Å². The van der Waals surface area contributed by atoms with Crippen molar-refractivity contribution in [3.63, 3.8) is 0 Å². The summed E-state index contributed by atoms with van der Waals surface area (Å²) in [5, 5.41) is 12.0. The van der Waals surface area contributed by atoms with Crippen LogP contribution in [-0.4, -0.2) is 65.0 Å². The second kappa shape index (κ2) is 11.8. The van der Waals surface area contributed by atoms with Crippen molar-refractivity contribution in [2.24, 2.45) is 4.99 Å². The third kappa shape index (κ3) is 6.07. The number of likely N-dealkylation sites (tertiary alicyclic amines) is 2. The van der Waals surface area contributed by atoms with Crippen LogP contribution in [0.4, 0.5) is 4.39 Å². The molecule has 0 aromatic heterocycles. The van der Waals surface area contributed by atoms with Crippen molar-refractivity contribution in [1.29, 1.82) is 5.41 Å². The van der Waals surface area contributed by atoms with Crippen LogP contribution in [0.3, 0.4) is 0 Å². The number of carbonyl (C=O) groups excluding carboxylic acids is 1. The van der Waals surface area contributed by atoms with E-state index < -0.39 is 5.82 Å². The Hall–Kier alpha value is -2.71. The van der Waals surface area contributed by atoms with Crippen molar-refractivity contribution in [2.45, 2.75) is 78.0 Å². The summed E-state index contributed by atoms with van der Waals surface area (Å²) >= 11 is 6.08. The van der Waals surface area contributed by atoms with E-state index in [0.29, 0.717) is 45.5 Å². The van der Waals surface area contributed by atoms with Crippen molar-refractivity contribution in [1.82, 2.24) is 15.1 Å². The number of carbonyl (C=O) groups is 1. The minimum atomic E-state index is -0.441. The molecule has 3 unspecified atom stereocenters. The highest BCUT2D eigenvalue weighted by Crippen LogP contribution is 2.32. The topological polar surface area (TPSA) is 81.0 Å². The highest BCUT2D eigenvalue weighted by molar-refractivity contribution is 6.43. The van der Waals surface area contributed by atoms with Crippen molar-refractivity contribution in [3.05, 3.63) is 52.2 Å². The number of hydrogen-bond acceptors (Lipinski definition) is 6. The van der Waals surface area contributed by atoms with Gasteiger partial charge in [0.15, 0.2) is 0 Å². The highest BCUT2D eigenvalue weighted by atomic mass is 35.5. The number of piperidine rings is 1. The molecule has 37 heavy (non-hydrogen) atoms. The Morgan fingerprint density at radius 1 is 1.30 bits per heavy atom. The first-order chi connectivity index (χ1) is 17.7. The summed E-state index contributed by atoms with van der Waals surface area (Å²) in [5.74, 6) is 0.0584. The van der Waals surface area contributed by atoms with E-state index >= 15 is 0 Å². The van der Waals surface area contributed by atoms with Crippen molar-refractivity contribution >= 4 is 28.9 Å². The van der Waals surface area contributed by atoms with Gasteiger partial charge < -0.3 is 20.4 Å². The zero-order valence-corrected chi connectivity index (χ0v) is 22.9. The molecule has 0 radical (unpaired) electrons. The summed E-state index contributed by atoms with van der Waals surface area (Å²) in [7, 11) is 0. The zero-order chi connectivity index (χ0) is 26.7. The van der Waals surface area contributed by atoms with E-state index in [1.807, 2.05) is 0 Å². The third-order valence-corrected chi connectivity index (χ3v) is 7.86. The predicted octanol–water partition coefficient (Wildman–Crippen LogP) is 5.47. The number of hydrogen-bond donors (Lipinski definition) is 2. The molecular weight excluding hydrogens is 493 g/mol. The number of benzene rings is 1. The molecule has 3 heterocycles. The monoisotopic (exact) mass is 529 g/mol. The van der Waals surface area contributed by atoms with Gasteiger partial charge in [-0.15, -0.1) is 0 Å². The lowest BCUT2D eigenvalue weighted by atomic mass is 9.91. The first kappa shape index (κ1) is 27.3. The lowest BCUT2D eigenvalue weighted by Gasteiger charge is -2.44. The molecule has 2 fully saturated rings. The molecule has 3 aliphatic rings. The molecule has 3 aliphatic heterocycles. The van der Waals surface area contributed by atoms with Crippen LogP contribution in [0.5, 0.6) is 5.75 Å². The van der Waals surface area contributed by atoms with Crippen LogP contribution in [0, 0.1) is 11.2 Å². The van der Waals surface area contributed by atoms with Crippen LogP contribution in [0.25, 0.3) is 0 Å². The van der Waals surface area contributed by atoms with Crippen molar-refractivity contribution in [2.75, 3.05) is 19.6 Å². The van der Waals surface area contributed by atoms with Crippen LogP contribution in [0.1, 0.15) is 70.2 Å². The number of aliphatic imine (C=N–C) groups is 1. The van der Waals surface area contributed by atoms with Crippen LogP contribution in [0.2, 0.25) is 0 Å². The summed E-state index contributed by atoms with van der Waals surface area (Å²) in [6.45, 7) is 9.87. The minimum Gasteiger partial charge on any atom is -0.489 e. The molecule has 0 aliphatic carbocycles. The number of halogens is 2. The van der Waals surface area contributed by atoms with Crippen LogP contribution in [-0.2, 0) is 0 Å². The summed E-state index contributed by atoms with van der Waals surface area (Å²) in [5.41, 5.74) is 1.91. The van der Waals surface area contributed by atoms with Gasteiger partial charge in [-0.3, -0.25) is 9.69 Å². The fraction of sp³-hybridized carbons (Fsp3) is 0.536. The maximum atomic E-state index is 14.3. The summed E-state index contributed by atoms with van der Waals surface area (Å²) in [6, 6.07) is 4.84. The molecule has 0 saturated carbocycles. The standard InChI is InChI=1S/C28H37ClFN5O2/c1-5-7-10-35-17(3)11-21(13-20(35)6-2)37-26-12-19(30)8-9-22(26)28(36)34-15-23(25(31)16-34)27-32-14-24(29)18(4)33-27/h8-9,12,14,17,20-21,31-32H,5-7,10-11,13,15-16H2,1-4H3/b27-23+,31-25?. The number of nitrogens with one attached hydrogen (secondary N) is 2. The number of ether oxygens (including phenoxy) is 1. The fourth-order valence-electron chi connectivity index (χ4n) is 5.41. The maximum Gasteiger partial charge on any atom is 0.258 e. The van der Waals surface area contributed by atoms with Gasteiger partial charge in [0.1, 0.15) is 23.5 Å². The van der Waals surface area contributed by atoms with Gasteiger partial charge in [0.2, 0.25) is 0 Å². The molecular formula is C28H37ClFN5O2. The number of amides is 1. The fourth-order valence-corrected chi connectivity index (χ4v) is 5.50. The molecule has 2 saturated heterocycles. The quantitative estimate of drug-likeness (QED) is 0.491. The van der Waals surface area contributed by atoms with E-state index in [0.717, 1.165) is 32.2 Å². The van der Waals surface area contributed by atoms with Crippen LogP contribution >= 0.6 is 11.6 Å². The van der Waals surface area contributed by atoms with Gasteiger partial charge in [-0.25, -0.2) is 9.38 Å². The Morgan fingerprint density at radius 3 is 2.78 bits per heavy atom. The molecule has 4 rings (SSSR count). The predicted molar refractivity (Wildman–Crippen MR) is 146 cm³/mol. The van der Waals surface area contributed by atoms with E-state index in [2.05, 4.69) is 36.0 Å². The largest absolute Gasteiger partial charge is 0.489 e. The van der Waals surface area contributed by atoms with Gasteiger partial charge >= 0.3 is 0 Å². The number of rotatable bonds is 7. The first-order valence-electron chi connectivity index (χ1n) is 13.2. The van der Waals surface area contributed by atoms with E-state index in [1.54, 1.807) is 18.0 Å². The average Bonchev–Trinajstić information content (AvgIpc) is 3.26. The second-order valence-corrected chi connectivity index (χ2v) is 10.6. The van der Waals surface area contributed by atoms with Crippen LogP contribution < -0.4 is 10.1 Å². The molecule has 0 bridgehead atoms. The molecule has 2 N–H and O–H groups in total. The van der Waals surface area contributed by atoms with Gasteiger partial charge in [0, 0.05) is 29.9 Å². The van der Waals surface area contributed by atoms with E-state index in [-0.39, 0.29) is 30.9 Å². The van der Waals surface area contributed by atoms with Gasteiger partial charge in [-0.2, -0.15) is 0 Å². The van der Waals surface area contributed by atoms with Crippen molar-refractivity contribution in [3.8, 4) is 5.75 Å². The Morgan fingerprint density at radius 2 is 2.08 bits per heavy atom. The van der Waals surface area contributed by atoms with Gasteiger partial charge in [0.25, 0.3) is 5.91 Å². The SMILES string of the molecule is CCCCN1C(C)CC(Oc2cc(F)ccc2C(=O)N2CC(=N)/C(=C3/N=C(C)C(Cl)=CN3)C2)CC1CC. The minimum absolute atomic E-state index is 0.0963. The molecule has 1 amide bonds. The molecule has 1 aromatic rings. The number of unbranched alkanes of at least 4 members (excludes halogenated alkanes) is 1. The Balaban J connectivity index is 1.52. The second-order valence-electron chi connectivity index (χ2n) is 10.2. The highest BCUT2D eigenvalue weighted by Gasteiger charge is 2.35. The Bertz CT molecular complexity index is 1150. The molecule has 1 aromatic carbocycles. The molecule has 7 nitrogen and oxygen atoms in total. The normalized spacial score (nSPS) is 26.6. The molecule has 3 atom stereocenters. The van der Waals surface area contributed by atoms with Crippen LogP contribution in [0.15, 0.2) is 45.8 Å². The van der Waals surface area contributed by atoms with Gasteiger partial charge in [0.05, 0.1) is 35.1 Å². The molecule has 200 valence electrons. The Labute approximate surface area is 223 Å². The first-order valence-corrected chi connectivity index (χ1v) is 13.6. The van der Waals surface area contributed by atoms with E-state index in [9.17, 15) is 9.18 Å². The van der Waals surface area contributed by atoms with Crippen molar-refractivity contribution < 1.29 is 13.9 Å². The molecule has 0 spiro atoms. The van der Waals surface area contributed by atoms with Gasteiger partial charge in [-0.1, -0.05) is 31.9 Å².